The minimum atomic E-state index is -0.168. The quantitative estimate of drug-likeness (QED) is 0.734. The smallest absolute Gasteiger partial charge is 0.321 e. The van der Waals surface area contributed by atoms with Crippen molar-refractivity contribution < 1.29 is 14.1 Å². The molecule has 138 valence electrons. The summed E-state index contributed by atoms with van der Waals surface area (Å²) in [5.41, 5.74) is 1.47. The first-order valence-electron chi connectivity index (χ1n) is 8.42. The Morgan fingerprint density at radius 2 is 1.96 bits per heavy atom. The summed E-state index contributed by atoms with van der Waals surface area (Å²) in [6, 6.07) is 14.3. The summed E-state index contributed by atoms with van der Waals surface area (Å²) in [5, 5.41) is 7.50. The van der Waals surface area contributed by atoms with Crippen LogP contribution >= 0.6 is 11.6 Å². The Morgan fingerprint density at radius 3 is 2.70 bits per heavy atom. The normalized spacial score (nSPS) is 13.9. The number of benzene rings is 2. The van der Waals surface area contributed by atoms with Gasteiger partial charge in [0.25, 0.3) is 0 Å². The van der Waals surface area contributed by atoms with Gasteiger partial charge in [0.15, 0.2) is 0 Å². The second-order valence-corrected chi connectivity index (χ2v) is 6.63. The first kappa shape index (κ1) is 17.4. The van der Waals surface area contributed by atoms with Crippen molar-refractivity contribution in [1.29, 1.82) is 0 Å². The predicted octanol–water partition coefficient (Wildman–Crippen LogP) is 4.03. The monoisotopic (exact) mass is 384 g/mol. The average molecular weight is 385 g/mol. The third-order valence-corrected chi connectivity index (χ3v) is 4.66. The molecule has 4 rings (SSSR count). The van der Waals surface area contributed by atoms with Gasteiger partial charge < -0.3 is 19.5 Å². The Kier molecular flexibility index (Phi) is 4.68. The first-order valence-corrected chi connectivity index (χ1v) is 8.80. The molecule has 1 fully saturated rings. The number of carbonyl (C=O) groups is 1. The second kappa shape index (κ2) is 7.28. The summed E-state index contributed by atoms with van der Waals surface area (Å²) in [7, 11) is 1.60. The van der Waals surface area contributed by atoms with Crippen LogP contribution < -0.4 is 10.1 Å². The zero-order valence-electron chi connectivity index (χ0n) is 14.6. The molecule has 2 heterocycles. The van der Waals surface area contributed by atoms with E-state index in [1.54, 1.807) is 36.3 Å². The van der Waals surface area contributed by atoms with Crippen LogP contribution in [0.1, 0.15) is 11.8 Å². The summed E-state index contributed by atoms with van der Waals surface area (Å²) >= 11 is 5.85. The SMILES string of the molecule is COc1ccccc1-c1noc(C2CN(C(=O)Nc3ccc(Cl)cc3)C2)n1. The van der Waals surface area contributed by atoms with E-state index in [2.05, 4.69) is 15.5 Å². The number of hydrogen-bond acceptors (Lipinski definition) is 5. The van der Waals surface area contributed by atoms with Crippen molar-refractivity contribution in [3.05, 3.63) is 59.4 Å². The molecule has 0 spiro atoms. The number of aromatic nitrogens is 2. The van der Waals surface area contributed by atoms with Crippen LogP contribution in [-0.2, 0) is 0 Å². The van der Waals surface area contributed by atoms with Crippen molar-refractivity contribution in [2.24, 2.45) is 0 Å². The van der Waals surface area contributed by atoms with Crippen LogP contribution in [0.5, 0.6) is 5.75 Å². The highest BCUT2D eigenvalue weighted by Gasteiger charge is 2.36. The summed E-state index contributed by atoms with van der Waals surface area (Å²) < 4.78 is 10.7. The van der Waals surface area contributed by atoms with Gasteiger partial charge in [-0.1, -0.05) is 28.9 Å². The molecule has 8 heteroatoms. The van der Waals surface area contributed by atoms with Gasteiger partial charge in [0.05, 0.1) is 18.6 Å². The van der Waals surface area contributed by atoms with Gasteiger partial charge in [-0.2, -0.15) is 4.98 Å². The number of methoxy groups -OCH3 is 1. The molecule has 1 aliphatic rings. The fourth-order valence-electron chi connectivity index (χ4n) is 2.88. The molecule has 0 radical (unpaired) electrons. The Morgan fingerprint density at radius 1 is 1.22 bits per heavy atom. The summed E-state index contributed by atoms with van der Waals surface area (Å²) in [4.78, 5) is 18.4. The largest absolute Gasteiger partial charge is 0.496 e. The molecule has 7 nitrogen and oxygen atoms in total. The van der Waals surface area contributed by atoms with E-state index in [4.69, 9.17) is 20.9 Å². The van der Waals surface area contributed by atoms with Gasteiger partial charge in [0.2, 0.25) is 11.7 Å². The number of rotatable bonds is 4. The van der Waals surface area contributed by atoms with Gasteiger partial charge in [-0.25, -0.2) is 4.79 Å². The minimum Gasteiger partial charge on any atom is -0.496 e. The highest BCUT2D eigenvalue weighted by atomic mass is 35.5. The fraction of sp³-hybridized carbons (Fsp3) is 0.211. The molecule has 2 aromatic carbocycles. The fourth-order valence-corrected chi connectivity index (χ4v) is 3.00. The Bertz CT molecular complexity index is 952. The molecular weight excluding hydrogens is 368 g/mol. The number of amides is 2. The predicted molar refractivity (Wildman–Crippen MR) is 101 cm³/mol. The average Bonchev–Trinajstić information content (AvgIpc) is 3.12. The molecule has 27 heavy (non-hydrogen) atoms. The van der Waals surface area contributed by atoms with E-state index in [-0.39, 0.29) is 11.9 Å². The molecule has 3 aromatic rings. The van der Waals surface area contributed by atoms with E-state index in [1.165, 1.54) is 0 Å². The highest BCUT2D eigenvalue weighted by molar-refractivity contribution is 6.30. The highest BCUT2D eigenvalue weighted by Crippen LogP contribution is 2.31. The van der Waals surface area contributed by atoms with Crippen LogP contribution in [0, 0.1) is 0 Å². The molecule has 0 aliphatic carbocycles. The zero-order chi connectivity index (χ0) is 18.8. The van der Waals surface area contributed by atoms with Gasteiger partial charge in [-0.3, -0.25) is 0 Å². The first-order chi connectivity index (χ1) is 13.1. The van der Waals surface area contributed by atoms with Crippen molar-refractivity contribution in [2.75, 3.05) is 25.5 Å². The van der Waals surface area contributed by atoms with Crippen LogP contribution in [0.2, 0.25) is 5.02 Å². The van der Waals surface area contributed by atoms with E-state index in [9.17, 15) is 4.79 Å². The van der Waals surface area contributed by atoms with Gasteiger partial charge in [-0.15, -0.1) is 0 Å². The number of likely N-dealkylation sites (tertiary alicyclic amines) is 1. The molecule has 2 amide bonds. The van der Waals surface area contributed by atoms with E-state index in [1.807, 2.05) is 24.3 Å². The molecule has 1 saturated heterocycles. The maximum Gasteiger partial charge on any atom is 0.321 e. The third kappa shape index (κ3) is 3.59. The number of nitrogens with one attached hydrogen (secondary N) is 1. The van der Waals surface area contributed by atoms with Crippen LogP contribution in [0.4, 0.5) is 10.5 Å². The van der Waals surface area contributed by atoms with Crippen molar-refractivity contribution in [2.45, 2.75) is 5.92 Å². The zero-order valence-corrected chi connectivity index (χ0v) is 15.3. The molecular formula is C19H17ClN4O3. The molecule has 1 aliphatic heterocycles. The van der Waals surface area contributed by atoms with Gasteiger partial charge >= 0.3 is 6.03 Å². The Balaban J connectivity index is 1.38. The number of urea groups is 1. The minimum absolute atomic E-state index is 0.0249. The van der Waals surface area contributed by atoms with Crippen molar-refractivity contribution in [3.8, 4) is 17.1 Å². The summed E-state index contributed by atoms with van der Waals surface area (Å²) in [5.74, 6) is 1.71. The summed E-state index contributed by atoms with van der Waals surface area (Å²) in [6.07, 6.45) is 0. The van der Waals surface area contributed by atoms with Crippen molar-refractivity contribution in [1.82, 2.24) is 15.0 Å². The molecule has 0 atom stereocenters. The van der Waals surface area contributed by atoms with Crippen LogP contribution in [0.3, 0.4) is 0 Å². The van der Waals surface area contributed by atoms with Crippen LogP contribution in [0.15, 0.2) is 53.1 Å². The molecule has 0 bridgehead atoms. The summed E-state index contributed by atoms with van der Waals surface area (Å²) in [6.45, 7) is 1.04. The number of anilines is 1. The lowest BCUT2D eigenvalue weighted by atomic mass is 10.0. The molecule has 1 N–H and O–H groups in total. The second-order valence-electron chi connectivity index (χ2n) is 6.20. The maximum atomic E-state index is 12.3. The van der Waals surface area contributed by atoms with Gasteiger partial charge in [0.1, 0.15) is 5.75 Å². The maximum absolute atomic E-state index is 12.3. The van der Waals surface area contributed by atoms with Crippen LogP contribution in [0.25, 0.3) is 11.4 Å². The van der Waals surface area contributed by atoms with Crippen molar-refractivity contribution >= 4 is 23.3 Å². The van der Waals surface area contributed by atoms with E-state index < -0.39 is 0 Å². The third-order valence-electron chi connectivity index (χ3n) is 4.40. The topological polar surface area (TPSA) is 80.5 Å². The number of halogens is 1. The van der Waals surface area contributed by atoms with Crippen LogP contribution in [-0.4, -0.2) is 41.3 Å². The number of nitrogens with zero attached hydrogens (tertiary/aromatic N) is 3. The lowest BCUT2D eigenvalue weighted by Gasteiger charge is -2.36. The van der Waals surface area contributed by atoms with Gasteiger partial charge in [-0.05, 0) is 36.4 Å². The number of carbonyl (C=O) groups excluding carboxylic acids is 1. The Labute approximate surface area is 160 Å². The molecule has 0 unspecified atom stereocenters. The molecule has 0 saturated carbocycles. The number of hydrogen-bond donors (Lipinski definition) is 1. The standard InChI is InChI=1S/C19H17ClN4O3/c1-26-16-5-3-2-4-15(16)17-22-18(27-23-17)12-10-24(11-12)19(25)21-14-8-6-13(20)7-9-14/h2-9,12H,10-11H2,1H3,(H,21,25). The van der Waals surface area contributed by atoms with Crippen molar-refractivity contribution in [3.63, 3.8) is 0 Å². The number of ether oxygens (including phenoxy) is 1. The number of para-hydroxylation sites is 1. The van der Waals surface area contributed by atoms with Gasteiger partial charge in [0, 0.05) is 23.8 Å². The van der Waals surface area contributed by atoms with E-state index in [0.29, 0.717) is 41.3 Å². The Hall–Kier alpha value is -3.06. The van der Waals surface area contributed by atoms with E-state index >= 15 is 0 Å². The lowest BCUT2D eigenvalue weighted by Crippen LogP contribution is -2.50. The van der Waals surface area contributed by atoms with E-state index in [0.717, 1.165) is 5.56 Å². The lowest BCUT2D eigenvalue weighted by molar-refractivity contribution is 0.147. The molecule has 1 aromatic heterocycles.